The number of ether oxygens (including phenoxy) is 1. The molecule has 2 amide bonds. The molecule has 1 aliphatic heterocycles. The van der Waals surface area contributed by atoms with Crippen molar-refractivity contribution < 1.29 is 19.1 Å². The highest BCUT2D eigenvalue weighted by molar-refractivity contribution is 5.89. The minimum Gasteiger partial charge on any atom is -0.461 e. The number of amides is 2. The topological polar surface area (TPSA) is 106 Å². The Hall–Kier alpha value is -2.67. The predicted octanol–water partition coefficient (Wildman–Crippen LogP) is 1.81. The van der Waals surface area contributed by atoms with Gasteiger partial charge < -0.3 is 15.0 Å². The SMILES string of the molecule is CCOC(=O)c1nn(C)c2c1CN(C(=O)NCC1CCCC(CN=C=O)C1)CC2. The van der Waals surface area contributed by atoms with Gasteiger partial charge in [0.05, 0.1) is 19.7 Å². The first-order chi connectivity index (χ1) is 14.0. The first-order valence-corrected chi connectivity index (χ1v) is 10.3. The number of hydrogen-bond donors (Lipinski definition) is 1. The first-order valence-electron chi connectivity index (χ1n) is 10.3. The van der Waals surface area contributed by atoms with Crippen LogP contribution in [0.4, 0.5) is 4.79 Å². The molecule has 3 rings (SSSR count). The molecule has 9 nitrogen and oxygen atoms in total. The Morgan fingerprint density at radius 2 is 2.14 bits per heavy atom. The van der Waals surface area contributed by atoms with E-state index in [2.05, 4.69) is 15.4 Å². The van der Waals surface area contributed by atoms with Crippen molar-refractivity contribution in [3.05, 3.63) is 17.0 Å². The van der Waals surface area contributed by atoms with Crippen LogP contribution in [-0.2, 0) is 29.5 Å². The fourth-order valence-corrected chi connectivity index (χ4v) is 4.39. The van der Waals surface area contributed by atoms with E-state index in [1.165, 1.54) is 0 Å². The standard InChI is InChI=1S/C20H29N5O4/c1-3-29-19(27)18-16-12-25(8-7-17(16)24(2)23-18)20(28)22-11-15-6-4-5-14(9-15)10-21-13-26/h14-15H,3-12H2,1-2H3,(H,22,28). The molecule has 2 atom stereocenters. The third kappa shape index (κ3) is 5.03. The van der Waals surface area contributed by atoms with Crippen molar-refractivity contribution in [2.24, 2.45) is 23.9 Å². The number of fused-ring (bicyclic) bond motifs is 1. The third-order valence-electron chi connectivity index (χ3n) is 5.85. The second-order valence-corrected chi connectivity index (χ2v) is 7.81. The van der Waals surface area contributed by atoms with Gasteiger partial charge in [-0.15, -0.1) is 0 Å². The minimum atomic E-state index is -0.446. The molecule has 0 bridgehead atoms. The first kappa shape index (κ1) is 21.0. The van der Waals surface area contributed by atoms with Crippen molar-refractivity contribution >= 4 is 18.1 Å². The highest BCUT2D eigenvalue weighted by Crippen LogP contribution is 2.29. The molecule has 2 unspecified atom stereocenters. The molecule has 1 aliphatic carbocycles. The van der Waals surface area contributed by atoms with E-state index in [1.54, 1.807) is 22.6 Å². The molecule has 1 aromatic heterocycles. The van der Waals surface area contributed by atoms with Gasteiger partial charge in [-0.3, -0.25) is 4.68 Å². The molecule has 9 heteroatoms. The molecule has 29 heavy (non-hydrogen) atoms. The number of carbonyl (C=O) groups excluding carboxylic acids is 3. The molecule has 158 valence electrons. The van der Waals surface area contributed by atoms with E-state index < -0.39 is 5.97 Å². The maximum atomic E-state index is 12.7. The number of aryl methyl sites for hydroxylation is 1. The van der Waals surface area contributed by atoms with Crippen molar-refractivity contribution in [1.29, 1.82) is 0 Å². The second kappa shape index (κ2) is 9.69. The second-order valence-electron chi connectivity index (χ2n) is 7.81. The monoisotopic (exact) mass is 403 g/mol. The van der Waals surface area contributed by atoms with E-state index in [-0.39, 0.29) is 12.6 Å². The van der Waals surface area contributed by atoms with Gasteiger partial charge in [-0.2, -0.15) is 5.10 Å². The van der Waals surface area contributed by atoms with E-state index in [0.717, 1.165) is 36.9 Å². The Bertz CT molecular complexity index is 799. The Balaban J connectivity index is 1.57. The Kier molecular flexibility index (Phi) is 7.04. The van der Waals surface area contributed by atoms with E-state index >= 15 is 0 Å². The van der Waals surface area contributed by atoms with Crippen molar-refractivity contribution in [3.8, 4) is 0 Å². The molecule has 0 aromatic carbocycles. The Labute approximate surface area is 170 Å². The molecule has 0 spiro atoms. The van der Waals surface area contributed by atoms with Gasteiger partial charge in [0.1, 0.15) is 0 Å². The van der Waals surface area contributed by atoms with Gasteiger partial charge in [-0.25, -0.2) is 19.4 Å². The van der Waals surface area contributed by atoms with Crippen molar-refractivity contribution in [3.63, 3.8) is 0 Å². The minimum absolute atomic E-state index is 0.123. The predicted molar refractivity (Wildman–Crippen MR) is 105 cm³/mol. The lowest BCUT2D eigenvalue weighted by Crippen LogP contribution is -2.45. The maximum Gasteiger partial charge on any atom is 0.359 e. The van der Waals surface area contributed by atoms with Crippen LogP contribution < -0.4 is 5.32 Å². The van der Waals surface area contributed by atoms with Gasteiger partial charge >= 0.3 is 12.0 Å². The fraction of sp³-hybridized carbons (Fsp3) is 0.700. The molecule has 0 radical (unpaired) electrons. The van der Waals surface area contributed by atoms with E-state index in [9.17, 15) is 14.4 Å². The summed E-state index contributed by atoms with van der Waals surface area (Å²) in [5.74, 6) is 0.346. The third-order valence-corrected chi connectivity index (χ3v) is 5.85. The average molecular weight is 403 g/mol. The molecular formula is C20H29N5O4. The molecule has 2 aliphatic rings. The van der Waals surface area contributed by atoms with Crippen molar-refractivity contribution in [2.45, 2.75) is 45.6 Å². The number of urea groups is 1. The van der Waals surface area contributed by atoms with Crippen LogP contribution in [0.2, 0.25) is 0 Å². The summed E-state index contributed by atoms with van der Waals surface area (Å²) in [5, 5.41) is 7.35. The van der Waals surface area contributed by atoms with Gasteiger partial charge in [0.15, 0.2) is 5.69 Å². The van der Waals surface area contributed by atoms with Crippen molar-refractivity contribution in [1.82, 2.24) is 20.0 Å². The maximum absolute atomic E-state index is 12.7. The number of aliphatic imine (C=N–C) groups is 1. The Morgan fingerprint density at radius 1 is 1.34 bits per heavy atom. The summed E-state index contributed by atoms with van der Waals surface area (Å²) in [4.78, 5) is 40.7. The van der Waals surface area contributed by atoms with Crippen LogP contribution in [-0.4, -0.2) is 59.0 Å². The lowest BCUT2D eigenvalue weighted by Gasteiger charge is -2.31. The highest BCUT2D eigenvalue weighted by atomic mass is 16.5. The number of isocyanates is 1. The number of aromatic nitrogens is 2. The zero-order chi connectivity index (χ0) is 20.8. The van der Waals surface area contributed by atoms with Crippen LogP contribution in [0, 0.1) is 11.8 Å². The summed E-state index contributed by atoms with van der Waals surface area (Å²) in [7, 11) is 1.81. The molecular weight excluding hydrogens is 374 g/mol. The van der Waals surface area contributed by atoms with Crippen LogP contribution in [0.25, 0.3) is 0 Å². The van der Waals surface area contributed by atoms with Crippen molar-refractivity contribution in [2.75, 3.05) is 26.2 Å². The number of rotatable bonds is 6. The van der Waals surface area contributed by atoms with E-state index in [4.69, 9.17) is 4.74 Å². The zero-order valence-electron chi connectivity index (χ0n) is 17.1. The van der Waals surface area contributed by atoms with Gasteiger partial charge in [0.2, 0.25) is 6.08 Å². The van der Waals surface area contributed by atoms with Crippen LogP contribution >= 0.6 is 0 Å². The molecule has 2 heterocycles. The number of carbonyl (C=O) groups is 2. The normalized spacial score (nSPS) is 21.1. The lowest BCUT2D eigenvalue weighted by atomic mass is 9.81. The van der Waals surface area contributed by atoms with Crippen LogP contribution in [0.1, 0.15) is 54.4 Å². The summed E-state index contributed by atoms with van der Waals surface area (Å²) in [6.45, 7) is 4.12. The average Bonchev–Trinajstić information content (AvgIpc) is 3.07. The number of esters is 1. The number of hydrogen-bond acceptors (Lipinski definition) is 6. The molecule has 0 saturated heterocycles. The van der Waals surface area contributed by atoms with Crippen LogP contribution in [0.3, 0.4) is 0 Å². The summed E-state index contributed by atoms with van der Waals surface area (Å²) >= 11 is 0. The van der Waals surface area contributed by atoms with E-state index in [1.807, 2.05) is 7.05 Å². The largest absolute Gasteiger partial charge is 0.461 e. The van der Waals surface area contributed by atoms with Crippen LogP contribution in [0.5, 0.6) is 0 Å². The van der Waals surface area contributed by atoms with Gasteiger partial charge in [-0.05, 0) is 38.0 Å². The number of nitrogens with one attached hydrogen (secondary N) is 1. The molecule has 1 saturated carbocycles. The summed E-state index contributed by atoms with van der Waals surface area (Å²) in [6.07, 6.45) is 6.46. The molecule has 1 fully saturated rings. The van der Waals surface area contributed by atoms with Gasteiger partial charge in [-0.1, -0.05) is 6.42 Å². The van der Waals surface area contributed by atoms with Crippen LogP contribution in [0.15, 0.2) is 4.99 Å². The Morgan fingerprint density at radius 3 is 2.90 bits per heavy atom. The smallest absolute Gasteiger partial charge is 0.359 e. The summed E-state index contributed by atoms with van der Waals surface area (Å²) < 4.78 is 6.81. The number of nitrogens with zero attached hydrogens (tertiary/aromatic N) is 4. The van der Waals surface area contributed by atoms with Gasteiger partial charge in [0, 0.05) is 37.8 Å². The zero-order valence-corrected chi connectivity index (χ0v) is 17.1. The lowest BCUT2D eigenvalue weighted by molar-refractivity contribution is 0.0516. The van der Waals surface area contributed by atoms with Gasteiger partial charge in [0.25, 0.3) is 0 Å². The summed E-state index contributed by atoms with van der Waals surface area (Å²) in [5.41, 5.74) is 2.05. The quantitative estimate of drug-likeness (QED) is 0.443. The summed E-state index contributed by atoms with van der Waals surface area (Å²) in [6, 6.07) is -0.123. The molecule has 1 N–H and O–H groups in total. The van der Waals surface area contributed by atoms with E-state index in [0.29, 0.717) is 50.1 Å². The fourth-order valence-electron chi connectivity index (χ4n) is 4.39. The molecule has 1 aromatic rings. The highest BCUT2D eigenvalue weighted by Gasteiger charge is 2.30.